The van der Waals surface area contributed by atoms with Crippen LogP contribution in [0.1, 0.15) is 18.4 Å². The van der Waals surface area contributed by atoms with Crippen LogP contribution in [0.4, 0.5) is 11.4 Å². The predicted molar refractivity (Wildman–Crippen MR) is 107 cm³/mol. The summed E-state index contributed by atoms with van der Waals surface area (Å²) in [5.41, 5.74) is -0.625. The van der Waals surface area contributed by atoms with Crippen molar-refractivity contribution in [3.05, 3.63) is 88.0 Å². The lowest BCUT2D eigenvalue weighted by Crippen LogP contribution is -2.37. The summed E-state index contributed by atoms with van der Waals surface area (Å²) in [6.45, 7) is -0.00831. The van der Waals surface area contributed by atoms with Crippen molar-refractivity contribution in [1.82, 2.24) is 0 Å². The van der Waals surface area contributed by atoms with Crippen LogP contribution in [0.3, 0.4) is 0 Å². The molecule has 0 heterocycles. The molecule has 0 spiro atoms. The summed E-state index contributed by atoms with van der Waals surface area (Å²) in [6, 6.07) is 12.4. The molecule has 3 rings (SSSR count). The Morgan fingerprint density at radius 3 is 2.59 bits per heavy atom. The maximum absolute atomic E-state index is 11.6. The van der Waals surface area contributed by atoms with Crippen molar-refractivity contribution in [3.8, 4) is 5.75 Å². The molecule has 0 bridgehead atoms. The van der Waals surface area contributed by atoms with Gasteiger partial charge in [0.05, 0.1) is 10.5 Å². The van der Waals surface area contributed by atoms with E-state index >= 15 is 0 Å². The Morgan fingerprint density at radius 1 is 1.14 bits per heavy atom. The number of hydrogen-bond donors (Lipinski definition) is 3. The second-order valence-electron chi connectivity index (χ2n) is 6.64. The lowest BCUT2D eigenvalue weighted by atomic mass is 9.79. The van der Waals surface area contributed by atoms with E-state index in [1.54, 1.807) is 36.4 Å². The van der Waals surface area contributed by atoms with Crippen molar-refractivity contribution in [2.45, 2.75) is 24.5 Å². The van der Waals surface area contributed by atoms with Gasteiger partial charge >= 0.3 is 0 Å². The van der Waals surface area contributed by atoms with Gasteiger partial charge in [-0.3, -0.25) is 10.1 Å². The molecule has 0 aromatic heterocycles. The van der Waals surface area contributed by atoms with Gasteiger partial charge in [0.2, 0.25) is 0 Å². The Labute approximate surface area is 167 Å². The van der Waals surface area contributed by atoms with Gasteiger partial charge in [-0.25, -0.2) is 0 Å². The molecule has 0 amide bonds. The topological polar surface area (TPSA) is 129 Å². The molecule has 29 heavy (non-hydrogen) atoms. The van der Waals surface area contributed by atoms with Crippen LogP contribution < -0.4 is 0 Å². The minimum Gasteiger partial charge on any atom is -0.506 e. The summed E-state index contributed by atoms with van der Waals surface area (Å²) in [4.78, 5) is 11.1. The summed E-state index contributed by atoms with van der Waals surface area (Å²) < 4.78 is 0. The Morgan fingerprint density at radius 2 is 1.86 bits per heavy atom. The van der Waals surface area contributed by atoms with Gasteiger partial charge in [-0.05, 0) is 42.7 Å². The maximum atomic E-state index is 11.6. The number of hydrogen-bond acceptors (Lipinski definition) is 7. The fourth-order valence-corrected chi connectivity index (χ4v) is 3.25. The highest BCUT2D eigenvalue weighted by Gasteiger charge is 2.43. The van der Waals surface area contributed by atoms with Gasteiger partial charge in [0.15, 0.2) is 5.54 Å². The number of nitro benzene ring substituents is 1. The van der Waals surface area contributed by atoms with Crippen molar-refractivity contribution in [2.75, 3.05) is 6.61 Å². The Bertz CT molecular complexity index is 986. The highest BCUT2D eigenvalue weighted by Crippen LogP contribution is 2.43. The molecule has 1 aliphatic carbocycles. The quantitative estimate of drug-likeness (QED) is 0.372. The molecule has 3 N–H and O–H groups in total. The Balaban J connectivity index is 2.19. The number of para-hydroxylation sites is 2. The number of aliphatic hydroxyl groups is 2. The molecule has 150 valence electrons. The standard InChI is InChI=1S/C21H21N3O5/c25-13-5-6-15-11-12-20(27)21(14-15,16-7-1-3-9-18(16)24(28)29)23-22-17-8-2-4-10-19(17)26/h1-4,7-12,14,20,25-27H,5-6,13H2. The Kier molecular flexibility index (Phi) is 6.16. The molecule has 2 atom stereocenters. The number of aromatic hydroxyl groups is 1. The zero-order valence-electron chi connectivity index (χ0n) is 15.5. The third-order valence-electron chi connectivity index (χ3n) is 4.71. The van der Waals surface area contributed by atoms with Crippen LogP contribution in [0, 0.1) is 10.1 Å². The molecule has 8 heteroatoms. The summed E-state index contributed by atoms with van der Waals surface area (Å²) in [7, 11) is 0. The normalized spacial score (nSPS) is 21.3. The molecule has 2 aromatic rings. The fourth-order valence-electron chi connectivity index (χ4n) is 3.25. The SMILES string of the molecule is O=[N+]([O-])c1ccccc1C1(N=Nc2ccccc2O)C=C(CCCO)C=CC1O. The summed E-state index contributed by atoms with van der Waals surface area (Å²) in [5.74, 6) is -0.0979. The molecule has 0 saturated heterocycles. The molecule has 2 aromatic carbocycles. The molecular weight excluding hydrogens is 374 g/mol. The average Bonchev–Trinajstić information content (AvgIpc) is 2.73. The zero-order valence-corrected chi connectivity index (χ0v) is 15.5. The molecule has 1 aliphatic rings. The first kappa shape index (κ1) is 20.4. The van der Waals surface area contributed by atoms with Gasteiger partial charge in [0, 0.05) is 12.7 Å². The van der Waals surface area contributed by atoms with Gasteiger partial charge in [0.25, 0.3) is 5.69 Å². The molecule has 2 unspecified atom stereocenters. The zero-order chi connectivity index (χ0) is 20.9. The van der Waals surface area contributed by atoms with Gasteiger partial charge in [-0.1, -0.05) is 36.4 Å². The first-order valence-corrected chi connectivity index (χ1v) is 9.11. The molecule has 0 saturated carbocycles. The second-order valence-corrected chi connectivity index (χ2v) is 6.64. The van der Waals surface area contributed by atoms with Gasteiger partial charge in [-0.15, -0.1) is 0 Å². The number of phenols is 1. The van der Waals surface area contributed by atoms with E-state index in [9.17, 15) is 20.3 Å². The number of phenolic OH excluding ortho intramolecular Hbond substituents is 1. The number of azo groups is 1. The van der Waals surface area contributed by atoms with Gasteiger partial charge in [-0.2, -0.15) is 10.2 Å². The van der Waals surface area contributed by atoms with Gasteiger partial charge in [0.1, 0.15) is 17.5 Å². The first-order chi connectivity index (χ1) is 14.0. The predicted octanol–water partition coefficient (Wildman–Crippen LogP) is 3.91. The average molecular weight is 395 g/mol. The summed E-state index contributed by atoms with van der Waals surface area (Å²) >= 11 is 0. The van der Waals surface area contributed by atoms with Crippen molar-refractivity contribution in [2.24, 2.45) is 10.2 Å². The smallest absolute Gasteiger partial charge is 0.275 e. The number of benzene rings is 2. The first-order valence-electron chi connectivity index (χ1n) is 9.11. The minimum absolute atomic E-state index is 0.00831. The minimum atomic E-state index is -1.55. The largest absolute Gasteiger partial charge is 0.506 e. The Hall–Kier alpha value is -3.36. The van der Waals surface area contributed by atoms with Crippen molar-refractivity contribution >= 4 is 11.4 Å². The van der Waals surface area contributed by atoms with Crippen LogP contribution in [-0.4, -0.2) is 33.0 Å². The maximum Gasteiger partial charge on any atom is 0.275 e. The lowest BCUT2D eigenvalue weighted by molar-refractivity contribution is -0.386. The highest BCUT2D eigenvalue weighted by molar-refractivity contribution is 5.53. The van der Waals surface area contributed by atoms with E-state index in [1.165, 1.54) is 30.3 Å². The van der Waals surface area contributed by atoms with E-state index in [0.717, 1.165) is 5.57 Å². The molecule has 0 aliphatic heterocycles. The van der Waals surface area contributed by atoms with E-state index < -0.39 is 16.6 Å². The third-order valence-corrected chi connectivity index (χ3v) is 4.71. The summed E-state index contributed by atoms with van der Waals surface area (Å²) in [6.07, 6.45) is 4.65. The van der Waals surface area contributed by atoms with E-state index in [-0.39, 0.29) is 29.3 Å². The lowest BCUT2D eigenvalue weighted by Gasteiger charge is -2.32. The molecular formula is C21H21N3O5. The van der Waals surface area contributed by atoms with Crippen LogP contribution in [0.15, 0.2) is 82.6 Å². The van der Waals surface area contributed by atoms with Crippen LogP contribution in [-0.2, 0) is 5.54 Å². The van der Waals surface area contributed by atoms with Crippen molar-refractivity contribution in [3.63, 3.8) is 0 Å². The van der Waals surface area contributed by atoms with E-state index in [0.29, 0.717) is 12.8 Å². The van der Waals surface area contributed by atoms with Crippen LogP contribution in [0.2, 0.25) is 0 Å². The van der Waals surface area contributed by atoms with E-state index in [1.807, 2.05) is 0 Å². The van der Waals surface area contributed by atoms with Crippen LogP contribution in [0.25, 0.3) is 0 Å². The van der Waals surface area contributed by atoms with Crippen LogP contribution >= 0.6 is 0 Å². The highest BCUT2D eigenvalue weighted by atomic mass is 16.6. The number of allylic oxidation sites excluding steroid dienone is 2. The number of rotatable bonds is 7. The molecule has 0 fully saturated rings. The number of nitro groups is 1. The van der Waals surface area contributed by atoms with E-state index in [4.69, 9.17) is 5.11 Å². The third kappa shape index (κ3) is 4.23. The fraction of sp³-hybridized carbons (Fsp3) is 0.238. The molecule has 0 radical (unpaired) electrons. The molecule has 8 nitrogen and oxygen atoms in total. The summed E-state index contributed by atoms with van der Waals surface area (Å²) in [5, 5.41) is 50.0. The second kappa shape index (κ2) is 8.76. The van der Waals surface area contributed by atoms with Crippen LogP contribution in [0.5, 0.6) is 5.75 Å². The van der Waals surface area contributed by atoms with Crippen molar-refractivity contribution in [1.29, 1.82) is 0 Å². The number of nitrogens with zero attached hydrogens (tertiary/aromatic N) is 3. The monoisotopic (exact) mass is 395 g/mol. The van der Waals surface area contributed by atoms with Gasteiger partial charge < -0.3 is 15.3 Å². The van der Waals surface area contributed by atoms with E-state index in [2.05, 4.69) is 10.2 Å². The van der Waals surface area contributed by atoms with Crippen molar-refractivity contribution < 1.29 is 20.2 Å². The number of aliphatic hydroxyl groups excluding tert-OH is 2.